The molecule has 0 unspecified atom stereocenters. The SMILES string of the molecule is Cc1ccc(N=C2SC(=Cc3c(C)n(CC(=O)O)c4ccccc34)C(=O)N2C)cc1. The van der Waals surface area contributed by atoms with Crippen LogP contribution in [-0.2, 0) is 16.1 Å². The molecule has 4 rings (SSSR count). The molecule has 1 aromatic heterocycles. The second kappa shape index (κ2) is 7.84. The van der Waals surface area contributed by atoms with Gasteiger partial charge >= 0.3 is 5.97 Å². The van der Waals surface area contributed by atoms with Gasteiger partial charge in [-0.25, -0.2) is 4.99 Å². The Morgan fingerprint density at radius 1 is 1.13 bits per heavy atom. The third kappa shape index (κ3) is 3.64. The molecule has 0 spiro atoms. The van der Waals surface area contributed by atoms with E-state index < -0.39 is 5.97 Å². The summed E-state index contributed by atoms with van der Waals surface area (Å²) in [5, 5.41) is 10.8. The average molecular weight is 420 g/mol. The van der Waals surface area contributed by atoms with Crippen LogP contribution in [0.1, 0.15) is 16.8 Å². The molecule has 30 heavy (non-hydrogen) atoms. The van der Waals surface area contributed by atoms with E-state index in [1.165, 1.54) is 11.8 Å². The molecule has 1 N–H and O–H groups in total. The number of carboxylic acids is 1. The summed E-state index contributed by atoms with van der Waals surface area (Å²) >= 11 is 1.32. The first kappa shape index (κ1) is 20.0. The zero-order chi connectivity index (χ0) is 21.4. The van der Waals surface area contributed by atoms with Crippen molar-refractivity contribution in [1.29, 1.82) is 0 Å². The quantitative estimate of drug-likeness (QED) is 0.628. The summed E-state index contributed by atoms with van der Waals surface area (Å²) < 4.78 is 1.76. The largest absolute Gasteiger partial charge is 0.480 e. The van der Waals surface area contributed by atoms with Crippen molar-refractivity contribution in [1.82, 2.24) is 9.47 Å². The van der Waals surface area contributed by atoms with Crippen LogP contribution in [0.15, 0.2) is 58.4 Å². The Hall–Kier alpha value is -3.32. The number of aliphatic carboxylic acids is 1. The molecule has 7 heteroatoms. The Morgan fingerprint density at radius 2 is 1.83 bits per heavy atom. The lowest BCUT2D eigenvalue weighted by Gasteiger charge is -2.07. The predicted octanol–water partition coefficient (Wildman–Crippen LogP) is 4.58. The van der Waals surface area contributed by atoms with Gasteiger partial charge in [0.2, 0.25) is 0 Å². The summed E-state index contributed by atoms with van der Waals surface area (Å²) in [6, 6.07) is 15.5. The molecule has 6 nitrogen and oxygen atoms in total. The first-order valence-corrected chi connectivity index (χ1v) is 10.3. The molecule has 1 fully saturated rings. The Kier molecular flexibility index (Phi) is 5.22. The molecule has 2 heterocycles. The van der Waals surface area contributed by atoms with Crippen molar-refractivity contribution in [3.63, 3.8) is 0 Å². The molecule has 0 atom stereocenters. The molecular weight excluding hydrogens is 398 g/mol. The molecule has 1 saturated heterocycles. The smallest absolute Gasteiger partial charge is 0.323 e. The lowest BCUT2D eigenvalue weighted by molar-refractivity contribution is -0.137. The third-order valence-electron chi connectivity index (χ3n) is 5.11. The molecule has 0 radical (unpaired) electrons. The van der Waals surface area contributed by atoms with Gasteiger partial charge in [-0.15, -0.1) is 0 Å². The van der Waals surface area contributed by atoms with Gasteiger partial charge in [0, 0.05) is 29.2 Å². The fraction of sp³-hybridized carbons (Fsp3) is 0.174. The second-order valence-corrected chi connectivity index (χ2v) is 8.21. The normalized spacial score (nSPS) is 16.9. The van der Waals surface area contributed by atoms with E-state index >= 15 is 0 Å². The van der Waals surface area contributed by atoms with Gasteiger partial charge in [-0.3, -0.25) is 14.5 Å². The summed E-state index contributed by atoms with van der Waals surface area (Å²) in [4.78, 5) is 30.9. The summed E-state index contributed by atoms with van der Waals surface area (Å²) in [5.74, 6) is -1.03. The van der Waals surface area contributed by atoms with E-state index in [0.717, 1.165) is 33.4 Å². The van der Waals surface area contributed by atoms with Crippen LogP contribution in [0.4, 0.5) is 5.69 Å². The number of aromatic nitrogens is 1. The minimum Gasteiger partial charge on any atom is -0.480 e. The van der Waals surface area contributed by atoms with Crippen LogP contribution in [0.2, 0.25) is 0 Å². The molecule has 0 bridgehead atoms. The van der Waals surface area contributed by atoms with Crippen molar-refractivity contribution >= 4 is 51.5 Å². The highest BCUT2D eigenvalue weighted by Crippen LogP contribution is 2.36. The van der Waals surface area contributed by atoms with Gasteiger partial charge in [0.05, 0.1) is 10.6 Å². The number of thioether (sulfide) groups is 1. The Labute approximate surface area is 178 Å². The number of likely N-dealkylation sites (N-methyl/N-ethyl adjacent to an activating group) is 1. The number of carboxylic acid groups (broad SMARTS) is 1. The van der Waals surface area contributed by atoms with Crippen LogP contribution in [0.5, 0.6) is 0 Å². The number of carbonyl (C=O) groups is 2. The number of amides is 1. The number of hydrogen-bond donors (Lipinski definition) is 1. The molecule has 0 saturated carbocycles. The Morgan fingerprint density at radius 3 is 2.53 bits per heavy atom. The number of fused-ring (bicyclic) bond motifs is 1. The van der Waals surface area contributed by atoms with Crippen molar-refractivity contribution in [3.05, 3.63) is 70.3 Å². The number of carbonyl (C=O) groups excluding carboxylic acids is 1. The van der Waals surface area contributed by atoms with Gasteiger partial charge in [0.15, 0.2) is 5.17 Å². The van der Waals surface area contributed by atoms with Crippen molar-refractivity contribution in [2.75, 3.05) is 7.05 Å². The van der Waals surface area contributed by atoms with Gasteiger partial charge in [0.1, 0.15) is 6.54 Å². The number of benzene rings is 2. The lowest BCUT2D eigenvalue weighted by atomic mass is 10.1. The van der Waals surface area contributed by atoms with Crippen LogP contribution in [-0.4, -0.2) is 38.7 Å². The minimum absolute atomic E-state index is 0.125. The number of hydrogen-bond acceptors (Lipinski definition) is 4. The minimum atomic E-state index is -0.906. The molecular formula is C23H21N3O3S. The van der Waals surface area contributed by atoms with Crippen molar-refractivity contribution < 1.29 is 14.7 Å². The maximum atomic E-state index is 12.9. The van der Waals surface area contributed by atoms with Crippen molar-refractivity contribution in [3.8, 4) is 0 Å². The number of para-hydroxylation sites is 1. The first-order valence-electron chi connectivity index (χ1n) is 9.47. The van der Waals surface area contributed by atoms with E-state index in [9.17, 15) is 14.7 Å². The zero-order valence-electron chi connectivity index (χ0n) is 16.9. The highest BCUT2D eigenvalue weighted by atomic mass is 32.2. The van der Waals surface area contributed by atoms with E-state index in [4.69, 9.17) is 0 Å². The van der Waals surface area contributed by atoms with E-state index in [-0.39, 0.29) is 12.5 Å². The maximum Gasteiger partial charge on any atom is 0.323 e. The summed E-state index contributed by atoms with van der Waals surface area (Å²) in [6.07, 6.45) is 1.84. The highest BCUT2D eigenvalue weighted by molar-refractivity contribution is 8.18. The van der Waals surface area contributed by atoms with Crippen LogP contribution >= 0.6 is 11.8 Å². The van der Waals surface area contributed by atoms with Gasteiger partial charge in [-0.2, -0.15) is 0 Å². The number of nitrogens with zero attached hydrogens (tertiary/aromatic N) is 3. The van der Waals surface area contributed by atoms with Crippen LogP contribution in [0, 0.1) is 13.8 Å². The Bertz CT molecular complexity index is 1220. The summed E-state index contributed by atoms with van der Waals surface area (Å²) in [7, 11) is 1.71. The molecule has 152 valence electrons. The van der Waals surface area contributed by atoms with Gasteiger partial charge in [-0.05, 0) is 49.9 Å². The van der Waals surface area contributed by atoms with Gasteiger partial charge < -0.3 is 9.67 Å². The summed E-state index contributed by atoms with van der Waals surface area (Å²) in [6.45, 7) is 3.77. The van der Waals surface area contributed by atoms with Crippen LogP contribution in [0.3, 0.4) is 0 Å². The fourth-order valence-corrected chi connectivity index (χ4v) is 4.46. The first-order chi connectivity index (χ1) is 14.3. The van der Waals surface area contributed by atoms with Crippen molar-refractivity contribution in [2.45, 2.75) is 20.4 Å². The van der Waals surface area contributed by atoms with Gasteiger partial charge in [0.25, 0.3) is 5.91 Å². The van der Waals surface area contributed by atoms with E-state index in [1.54, 1.807) is 16.5 Å². The van der Waals surface area contributed by atoms with Crippen LogP contribution in [0.25, 0.3) is 17.0 Å². The van der Waals surface area contributed by atoms with E-state index in [2.05, 4.69) is 4.99 Å². The molecule has 1 aliphatic rings. The zero-order valence-corrected chi connectivity index (χ0v) is 17.7. The second-order valence-electron chi connectivity index (χ2n) is 7.20. The number of aryl methyl sites for hydroxylation is 1. The molecule has 3 aromatic rings. The molecule has 0 aliphatic carbocycles. The number of rotatable bonds is 4. The van der Waals surface area contributed by atoms with Crippen LogP contribution < -0.4 is 0 Å². The monoisotopic (exact) mass is 419 g/mol. The van der Waals surface area contributed by atoms with Gasteiger partial charge in [-0.1, -0.05) is 35.9 Å². The standard InChI is InChI=1S/C23H21N3O3S/c1-14-8-10-16(11-9-14)24-23-25(3)22(29)20(30-23)12-18-15(2)26(13-21(27)28)19-7-5-4-6-17(18)19/h4-12H,13H2,1-3H3,(H,27,28). The summed E-state index contributed by atoms with van der Waals surface area (Å²) in [5.41, 5.74) is 4.44. The van der Waals surface area contributed by atoms with E-state index in [0.29, 0.717) is 10.1 Å². The predicted molar refractivity (Wildman–Crippen MR) is 121 cm³/mol. The number of amidine groups is 1. The maximum absolute atomic E-state index is 12.9. The van der Waals surface area contributed by atoms with E-state index in [1.807, 2.05) is 68.5 Å². The lowest BCUT2D eigenvalue weighted by Crippen LogP contribution is -2.23. The average Bonchev–Trinajstić information content (AvgIpc) is 3.13. The topological polar surface area (TPSA) is 74.9 Å². The molecule has 1 amide bonds. The fourth-order valence-electron chi connectivity index (χ4n) is 3.49. The molecule has 1 aliphatic heterocycles. The highest BCUT2D eigenvalue weighted by Gasteiger charge is 2.31. The third-order valence-corrected chi connectivity index (χ3v) is 6.17. The number of aliphatic imine (C=N–C) groups is 1. The molecule has 2 aromatic carbocycles. The van der Waals surface area contributed by atoms with Crippen molar-refractivity contribution in [2.24, 2.45) is 4.99 Å². The Balaban J connectivity index is 1.76.